The second-order valence-corrected chi connectivity index (χ2v) is 4.50. The molecule has 2 heteroatoms. The Bertz CT molecular complexity index is 360. The first-order chi connectivity index (χ1) is 7.51. The second kappa shape index (κ2) is 5.46. The first-order valence-electron chi connectivity index (χ1n) is 5.79. The van der Waals surface area contributed by atoms with Crippen molar-refractivity contribution in [1.29, 1.82) is 0 Å². The molecule has 0 bridgehead atoms. The van der Waals surface area contributed by atoms with Crippen LogP contribution in [-0.4, -0.2) is 20.3 Å². The molecule has 0 spiro atoms. The van der Waals surface area contributed by atoms with Gasteiger partial charge in [-0.2, -0.15) is 0 Å². The molecular weight excluding hydrogens is 198 g/mol. The lowest BCUT2D eigenvalue weighted by Crippen LogP contribution is -2.29. The largest absolute Gasteiger partial charge is 0.380 e. The molecule has 0 radical (unpaired) electrons. The first-order valence-corrected chi connectivity index (χ1v) is 5.79. The Labute approximate surface area is 99.0 Å². The van der Waals surface area contributed by atoms with Crippen LogP contribution >= 0.6 is 0 Å². The Hall–Kier alpha value is -0.860. The topological polar surface area (TPSA) is 21.3 Å². The summed E-state index contributed by atoms with van der Waals surface area (Å²) in [4.78, 5) is 0. The summed E-state index contributed by atoms with van der Waals surface area (Å²) in [5.74, 6) is 0. The van der Waals surface area contributed by atoms with E-state index >= 15 is 0 Å². The van der Waals surface area contributed by atoms with E-state index in [-0.39, 0.29) is 12.1 Å². The van der Waals surface area contributed by atoms with Gasteiger partial charge in [-0.05, 0) is 57.0 Å². The van der Waals surface area contributed by atoms with Crippen LogP contribution in [0.25, 0.3) is 0 Å². The fourth-order valence-electron chi connectivity index (χ4n) is 2.10. The number of likely N-dealkylation sites (N-methyl/N-ethyl adjacent to an activating group) is 1. The maximum atomic E-state index is 5.42. The van der Waals surface area contributed by atoms with Crippen molar-refractivity contribution in [3.63, 3.8) is 0 Å². The molecule has 0 aliphatic heterocycles. The third kappa shape index (κ3) is 2.63. The monoisotopic (exact) mass is 221 g/mol. The van der Waals surface area contributed by atoms with Gasteiger partial charge < -0.3 is 10.1 Å². The number of methoxy groups -OCH3 is 1. The van der Waals surface area contributed by atoms with E-state index in [1.807, 2.05) is 7.05 Å². The molecule has 0 heterocycles. The highest BCUT2D eigenvalue weighted by molar-refractivity contribution is 5.38. The van der Waals surface area contributed by atoms with Crippen LogP contribution in [0.15, 0.2) is 12.1 Å². The van der Waals surface area contributed by atoms with Gasteiger partial charge in [0, 0.05) is 7.11 Å². The maximum Gasteiger partial charge on any atom is 0.0737 e. The lowest BCUT2D eigenvalue weighted by molar-refractivity contribution is 0.0854. The molecule has 1 rings (SSSR count). The summed E-state index contributed by atoms with van der Waals surface area (Å²) >= 11 is 0. The highest BCUT2D eigenvalue weighted by Gasteiger charge is 2.19. The van der Waals surface area contributed by atoms with Crippen molar-refractivity contribution >= 4 is 0 Å². The van der Waals surface area contributed by atoms with Gasteiger partial charge >= 0.3 is 0 Å². The molecule has 90 valence electrons. The number of hydrogen-bond acceptors (Lipinski definition) is 2. The van der Waals surface area contributed by atoms with Crippen LogP contribution in [0.5, 0.6) is 0 Å². The molecule has 1 aromatic rings. The van der Waals surface area contributed by atoms with E-state index in [0.717, 1.165) is 0 Å². The Balaban J connectivity index is 3.15. The van der Waals surface area contributed by atoms with Gasteiger partial charge in [0.2, 0.25) is 0 Å². The van der Waals surface area contributed by atoms with Crippen LogP contribution in [0.2, 0.25) is 0 Å². The van der Waals surface area contributed by atoms with Crippen molar-refractivity contribution in [1.82, 2.24) is 5.32 Å². The van der Waals surface area contributed by atoms with E-state index in [4.69, 9.17) is 4.74 Å². The third-order valence-electron chi connectivity index (χ3n) is 3.37. The number of nitrogens with one attached hydrogen (secondary N) is 1. The fraction of sp³-hybridized carbons (Fsp3) is 0.571. The lowest BCUT2D eigenvalue weighted by atomic mass is 9.93. The lowest BCUT2D eigenvalue weighted by Gasteiger charge is -2.25. The molecule has 0 saturated carbocycles. The van der Waals surface area contributed by atoms with E-state index in [9.17, 15) is 0 Å². The SMILES string of the molecule is CNC(c1cc(C)c(C)cc1C)C(C)OC. The number of ether oxygens (including phenoxy) is 1. The summed E-state index contributed by atoms with van der Waals surface area (Å²) in [5.41, 5.74) is 5.34. The van der Waals surface area contributed by atoms with Crippen LogP contribution in [-0.2, 0) is 4.74 Å². The average molecular weight is 221 g/mol. The Morgan fingerprint density at radius 3 is 2.12 bits per heavy atom. The minimum absolute atomic E-state index is 0.172. The van der Waals surface area contributed by atoms with E-state index in [1.165, 1.54) is 22.3 Å². The summed E-state index contributed by atoms with van der Waals surface area (Å²) in [6.45, 7) is 8.56. The number of benzene rings is 1. The van der Waals surface area contributed by atoms with E-state index in [1.54, 1.807) is 7.11 Å². The van der Waals surface area contributed by atoms with Crippen molar-refractivity contribution < 1.29 is 4.74 Å². The normalized spacial score (nSPS) is 14.9. The maximum absolute atomic E-state index is 5.42. The zero-order chi connectivity index (χ0) is 12.3. The molecule has 2 atom stereocenters. The van der Waals surface area contributed by atoms with Crippen LogP contribution in [0.1, 0.15) is 35.2 Å². The average Bonchev–Trinajstić information content (AvgIpc) is 2.26. The summed E-state index contributed by atoms with van der Waals surface area (Å²) < 4.78 is 5.42. The molecule has 0 fully saturated rings. The van der Waals surface area contributed by atoms with Gasteiger partial charge in [-0.25, -0.2) is 0 Å². The minimum atomic E-state index is 0.172. The third-order valence-corrected chi connectivity index (χ3v) is 3.37. The Kier molecular flexibility index (Phi) is 4.51. The zero-order valence-corrected chi connectivity index (χ0v) is 11.2. The van der Waals surface area contributed by atoms with Crippen LogP contribution < -0.4 is 5.32 Å². The molecule has 0 amide bonds. The number of rotatable bonds is 4. The molecule has 2 unspecified atom stereocenters. The van der Waals surface area contributed by atoms with Crippen molar-refractivity contribution in [2.45, 2.75) is 39.8 Å². The number of hydrogen-bond donors (Lipinski definition) is 1. The van der Waals surface area contributed by atoms with Crippen molar-refractivity contribution in [3.8, 4) is 0 Å². The summed E-state index contributed by atoms with van der Waals surface area (Å²) in [6, 6.07) is 4.77. The standard InChI is InChI=1S/C14H23NO/c1-9-7-11(3)13(8-10(9)2)14(15-5)12(4)16-6/h7-8,12,14-15H,1-6H3. The first kappa shape index (κ1) is 13.2. The highest BCUT2D eigenvalue weighted by atomic mass is 16.5. The predicted molar refractivity (Wildman–Crippen MR) is 68.9 cm³/mol. The van der Waals surface area contributed by atoms with Crippen molar-refractivity contribution in [2.75, 3.05) is 14.2 Å². The molecular formula is C14H23NO. The van der Waals surface area contributed by atoms with E-state index in [2.05, 4.69) is 45.1 Å². The predicted octanol–water partition coefficient (Wildman–Crippen LogP) is 2.91. The van der Waals surface area contributed by atoms with Crippen LogP contribution in [0.3, 0.4) is 0 Å². The molecule has 0 aliphatic rings. The Morgan fingerprint density at radius 1 is 1.06 bits per heavy atom. The molecule has 2 nitrogen and oxygen atoms in total. The molecule has 1 aromatic carbocycles. The highest BCUT2D eigenvalue weighted by Crippen LogP contribution is 2.25. The van der Waals surface area contributed by atoms with Crippen LogP contribution in [0, 0.1) is 20.8 Å². The molecule has 0 saturated heterocycles. The molecule has 16 heavy (non-hydrogen) atoms. The molecule has 1 N–H and O–H groups in total. The van der Waals surface area contributed by atoms with Crippen LogP contribution in [0.4, 0.5) is 0 Å². The summed E-state index contributed by atoms with van der Waals surface area (Å²) in [7, 11) is 3.74. The quantitative estimate of drug-likeness (QED) is 0.844. The van der Waals surface area contributed by atoms with E-state index in [0.29, 0.717) is 0 Å². The van der Waals surface area contributed by atoms with Gasteiger partial charge in [-0.1, -0.05) is 12.1 Å². The van der Waals surface area contributed by atoms with Gasteiger partial charge in [0.1, 0.15) is 0 Å². The summed E-state index contributed by atoms with van der Waals surface area (Å²) in [6.07, 6.45) is 0.172. The molecule has 0 aromatic heterocycles. The van der Waals surface area contributed by atoms with Gasteiger partial charge in [0.05, 0.1) is 12.1 Å². The van der Waals surface area contributed by atoms with Gasteiger partial charge in [0.15, 0.2) is 0 Å². The minimum Gasteiger partial charge on any atom is -0.380 e. The van der Waals surface area contributed by atoms with Gasteiger partial charge in [0.25, 0.3) is 0 Å². The second-order valence-electron chi connectivity index (χ2n) is 4.50. The zero-order valence-electron chi connectivity index (χ0n) is 11.2. The molecule has 0 aliphatic carbocycles. The fourth-order valence-corrected chi connectivity index (χ4v) is 2.10. The van der Waals surface area contributed by atoms with Crippen molar-refractivity contribution in [3.05, 3.63) is 34.4 Å². The smallest absolute Gasteiger partial charge is 0.0737 e. The van der Waals surface area contributed by atoms with Gasteiger partial charge in [-0.15, -0.1) is 0 Å². The van der Waals surface area contributed by atoms with Crippen molar-refractivity contribution in [2.24, 2.45) is 0 Å². The van der Waals surface area contributed by atoms with E-state index < -0.39 is 0 Å². The Morgan fingerprint density at radius 2 is 1.62 bits per heavy atom. The summed E-state index contributed by atoms with van der Waals surface area (Å²) in [5, 5.41) is 3.33. The van der Waals surface area contributed by atoms with Gasteiger partial charge in [-0.3, -0.25) is 0 Å². The number of aryl methyl sites for hydroxylation is 3.